The van der Waals surface area contributed by atoms with Gasteiger partial charge in [0.15, 0.2) is 0 Å². The summed E-state index contributed by atoms with van der Waals surface area (Å²) in [7, 11) is 0. The Morgan fingerprint density at radius 3 is 3.00 bits per heavy atom. The van der Waals surface area contributed by atoms with E-state index in [0.717, 1.165) is 16.5 Å². The minimum absolute atomic E-state index is 0.131. The van der Waals surface area contributed by atoms with Crippen LogP contribution >= 0.6 is 0 Å². The lowest BCUT2D eigenvalue weighted by molar-refractivity contribution is 0.0418. The second-order valence-electron chi connectivity index (χ2n) is 3.51. The van der Waals surface area contributed by atoms with Crippen molar-refractivity contribution in [3.8, 4) is 0 Å². The molecule has 1 aliphatic rings. The SMILES string of the molecule is CC1OC(=O)c2[nH]c3ccccc3c21. The van der Waals surface area contributed by atoms with Gasteiger partial charge in [0, 0.05) is 16.5 Å². The first-order valence-electron chi connectivity index (χ1n) is 4.59. The molecule has 0 amide bonds. The molecular formula is C11H9NO2. The molecule has 0 spiro atoms. The molecular weight excluding hydrogens is 178 g/mol. The molecule has 2 aromatic rings. The molecule has 0 aliphatic carbocycles. The number of fused-ring (bicyclic) bond motifs is 3. The second kappa shape index (κ2) is 2.38. The first-order valence-corrected chi connectivity index (χ1v) is 4.59. The molecule has 70 valence electrons. The Morgan fingerprint density at radius 1 is 1.36 bits per heavy atom. The van der Waals surface area contributed by atoms with Crippen molar-refractivity contribution in [3.05, 3.63) is 35.5 Å². The number of rotatable bonds is 0. The zero-order valence-electron chi connectivity index (χ0n) is 7.70. The number of ether oxygens (including phenoxy) is 1. The summed E-state index contributed by atoms with van der Waals surface area (Å²) < 4.78 is 5.11. The number of nitrogens with one attached hydrogen (secondary N) is 1. The summed E-state index contributed by atoms with van der Waals surface area (Å²) in [4.78, 5) is 14.5. The Labute approximate surface area is 80.7 Å². The lowest BCUT2D eigenvalue weighted by atomic mass is 10.1. The summed E-state index contributed by atoms with van der Waals surface area (Å²) in [6, 6.07) is 7.88. The number of hydrogen-bond acceptors (Lipinski definition) is 2. The van der Waals surface area contributed by atoms with Crippen LogP contribution in [0.15, 0.2) is 24.3 Å². The van der Waals surface area contributed by atoms with Crippen LogP contribution in [0.2, 0.25) is 0 Å². The predicted octanol–water partition coefficient (Wildman–Crippen LogP) is 2.40. The van der Waals surface area contributed by atoms with Crippen molar-refractivity contribution in [3.63, 3.8) is 0 Å². The fourth-order valence-electron chi connectivity index (χ4n) is 2.03. The van der Waals surface area contributed by atoms with Crippen molar-refractivity contribution in [2.75, 3.05) is 0 Å². The van der Waals surface area contributed by atoms with E-state index >= 15 is 0 Å². The molecule has 14 heavy (non-hydrogen) atoms. The summed E-state index contributed by atoms with van der Waals surface area (Å²) in [6.45, 7) is 1.89. The minimum Gasteiger partial charge on any atom is -0.453 e. The maximum Gasteiger partial charge on any atom is 0.355 e. The van der Waals surface area contributed by atoms with Crippen molar-refractivity contribution in [2.45, 2.75) is 13.0 Å². The third-order valence-electron chi connectivity index (χ3n) is 2.64. The van der Waals surface area contributed by atoms with E-state index in [1.54, 1.807) is 0 Å². The van der Waals surface area contributed by atoms with Crippen LogP contribution in [0.25, 0.3) is 10.9 Å². The number of H-pyrrole nitrogens is 1. The number of para-hydroxylation sites is 1. The van der Waals surface area contributed by atoms with Gasteiger partial charge in [-0.2, -0.15) is 0 Å². The second-order valence-corrected chi connectivity index (χ2v) is 3.51. The van der Waals surface area contributed by atoms with E-state index < -0.39 is 0 Å². The average Bonchev–Trinajstić information content (AvgIpc) is 2.66. The van der Waals surface area contributed by atoms with Crippen LogP contribution in [0.3, 0.4) is 0 Å². The number of cyclic esters (lactones) is 1. The first kappa shape index (κ1) is 7.62. The topological polar surface area (TPSA) is 42.1 Å². The van der Waals surface area contributed by atoms with E-state index in [0.29, 0.717) is 5.69 Å². The molecule has 0 bridgehead atoms. The van der Waals surface area contributed by atoms with Crippen molar-refractivity contribution < 1.29 is 9.53 Å². The minimum atomic E-state index is -0.247. The summed E-state index contributed by atoms with van der Waals surface area (Å²) >= 11 is 0. The Balaban J connectivity index is 2.43. The molecule has 1 aromatic carbocycles. The van der Waals surface area contributed by atoms with Crippen LogP contribution in [0.1, 0.15) is 29.1 Å². The lowest BCUT2D eigenvalue weighted by Crippen LogP contribution is -1.96. The van der Waals surface area contributed by atoms with Gasteiger partial charge in [-0.05, 0) is 13.0 Å². The zero-order chi connectivity index (χ0) is 9.71. The van der Waals surface area contributed by atoms with E-state index in [1.807, 2.05) is 31.2 Å². The molecule has 1 aliphatic heterocycles. The third kappa shape index (κ3) is 0.789. The van der Waals surface area contributed by atoms with Crippen LogP contribution < -0.4 is 0 Å². The number of hydrogen-bond donors (Lipinski definition) is 1. The highest BCUT2D eigenvalue weighted by molar-refractivity contribution is 6.01. The van der Waals surface area contributed by atoms with E-state index in [1.165, 1.54) is 0 Å². The van der Waals surface area contributed by atoms with Crippen molar-refractivity contribution in [2.24, 2.45) is 0 Å². The molecule has 0 fully saturated rings. The number of benzene rings is 1. The maximum absolute atomic E-state index is 11.4. The average molecular weight is 187 g/mol. The maximum atomic E-state index is 11.4. The van der Waals surface area contributed by atoms with Gasteiger partial charge >= 0.3 is 5.97 Å². The molecule has 1 aromatic heterocycles. The van der Waals surface area contributed by atoms with Gasteiger partial charge in [-0.25, -0.2) is 4.79 Å². The molecule has 3 rings (SSSR count). The van der Waals surface area contributed by atoms with Gasteiger partial charge < -0.3 is 9.72 Å². The van der Waals surface area contributed by atoms with Crippen molar-refractivity contribution in [1.82, 2.24) is 4.98 Å². The highest BCUT2D eigenvalue weighted by Crippen LogP contribution is 2.35. The standard InChI is InChI=1S/C11H9NO2/c1-6-9-7-4-2-3-5-8(7)12-10(9)11(13)14-6/h2-6,12H,1H3. The third-order valence-corrected chi connectivity index (χ3v) is 2.64. The van der Waals surface area contributed by atoms with Gasteiger partial charge in [-0.15, -0.1) is 0 Å². The fourth-order valence-corrected chi connectivity index (χ4v) is 2.03. The summed E-state index contributed by atoms with van der Waals surface area (Å²) in [5.74, 6) is -0.247. The van der Waals surface area contributed by atoms with Crippen LogP contribution in [0, 0.1) is 0 Å². The summed E-state index contributed by atoms with van der Waals surface area (Å²) in [5.41, 5.74) is 2.60. The lowest BCUT2D eigenvalue weighted by Gasteiger charge is -2.02. The van der Waals surface area contributed by atoms with E-state index in [9.17, 15) is 4.79 Å². The zero-order valence-corrected chi connectivity index (χ0v) is 7.70. The molecule has 1 atom stereocenters. The summed E-state index contributed by atoms with van der Waals surface area (Å²) in [6.07, 6.45) is -0.131. The Bertz CT molecular complexity index is 527. The molecule has 0 saturated heterocycles. The molecule has 0 radical (unpaired) electrons. The fraction of sp³-hybridized carbons (Fsp3) is 0.182. The van der Waals surface area contributed by atoms with Crippen molar-refractivity contribution in [1.29, 1.82) is 0 Å². The largest absolute Gasteiger partial charge is 0.453 e. The van der Waals surface area contributed by atoms with Crippen LogP contribution in [-0.2, 0) is 4.74 Å². The number of aromatic amines is 1. The molecule has 2 heterocycles. The van der Waals surface area contributed by atoms with Crippen LogP contribution in [0.4, 0.5) is 0 Å². The van der Waals surface area contributed by atoms with E-state index in [-0.39, 0.29) is 12.1 Å². The molecule has 1 unspecified atom stereocenters. The number of carbonyl (C=O) groups excluding carboxylic acids is 1. The molecule has 1 N–H and O–H groups in total. The molecule has 3 nitrogen and oxygen atoms in total. The Morgan fingerprint density at radius 2 is 2.14 bits per heavy atom. The predicted molar refractivity (Wildman–Crippen MR) is 52.1 cm³/mol. The van der Waals surface area contributed by atoms with Gasteiger partial charge in [0.05, 0.1) is 0 Å². The van der Waals surface area contributed by atoms with Gasteiger partial charge in [-0.1, -0.05) is 18.2 Å². The van der Waals surface area contributed by atoms with Gasteiger partial charge in [0.1, 0.15) is 11.8 Å². The number of esters is 1. The van der Waals surface area contributed by atoms with Crippen LogP contribution in [-0.4, -0.2) is 11.0 Å². The molecule has 0 saturated carbocycles. The van der Waals surface area contributed by atoms with E-state index in [4.69, 9.17) is 4.74 Å². The monoisotopic (exact) mass is 187 g/mol. The quantitative estimate of drug-likeness (QED) is 0.643. The Kier molecular flexibility index (Phi) is 1.29. The highest BCUT2D eigenvalue weighted by Gasteiger charge is 2.31. The number of aromatic nitrogens is 1. The van der Waals surface area contributed by atoms with E-state index in [2.05, 4.69) is 4.98 Å². The van der Waals surface area contributed by atoms with Crippen LogP contribution in [0.5, 0.6) is 0 Å². The van der Waals surface area contributed by atoms with Crippen molar-refractivity contribution >= 4 is 16.9 Å². The highest BCUT2D eigenvalue weighted by atomic mass is 16.5. The summed E-state index contributed by atoms with van der Waals surface area (Å²) in [5, 5.41) is 1.08. The smallest absolute Gasteiger partial charge is 0.355 e. The normalized spacial score (nSPS) is 19.8. The van der Waals surface area contributed by atoms with Gasteiger partial charge in [-0.3, -0.25) is 0 Å². The first-order chi connectivity index (χ1) is 6.77. The Hall–Kier alpha value is -1.77. The van der Waals surface area contributed by atoms with Gasteiger partial charge in [0.2, 0.25) is 0 Å². The molecule has 3 heteroatoms. The number of carbonyl (C=O) groups is 1. The van der Waals surface area contributed by atoms with Gasteiger partial charge in [0.25, 0.3) is 0 Å².